The van der Waals surface area contributed by atoms with E-state index in [0.29, 0.717) is 22.5 Å². The molecular weight excluding hydrogens is 372 g/mol. The number of hydrogen-bond donors (Lipinski definition) is 4. The molecule has 0 unspecified atom stereocenters. The van der Waals surface area contributed by atoms with Crippen molar-refractivity contribution < 1.29 is 4.79 Å². The zero-order chi connectivity index (χ0) is 21.5. The highest BCUT2D eigenvalue weighted by atomic mass is 16.1. The second kappa shape index (κ2) is 9.30. The van der Waals surface area contributed by atoms with Gasteiger partial charge in [-0.15, -0.1) is 0 Å². The van der Waals surface area contributed by atoms with E-state index in [-0.39, 0.29) is 5.78 Å². The molecule has 5 nitrogen and oxygen atoms in total. The predicted molar refractivity (Wildman–Crippen MR) is 126 cm³/mol. The van der Waals surface area contributed by atoms with Gasteiger partial charge < -0.3 is 22.9 Å². The van der Waals surface area contributed by atoms with E-state index in [0.717, 1.165) is 22.5 Å². The minimum absolute atomic E-state index is 0.142. The Kier molecular flexibility index (Phi) is 6.35. The van der Waals surface area contributed by atoms with Crippen molar-refractivity contribution in [2.75, 3.05) is 22.9 Å². The van der Waals surface area contributed by atoms with Crippen LogP contribution in [0.4, 0.5) is 22.7 Å². The highest BCUT2D eigenvalue weighted by Crippen LogP contribution is 2.21. The molecule has 4 aromatic carbocycles. The second-order valence-electron chi connectivity index (χ2n) is 6.75. The summed E-state index contributed by atoms with van der Waals surface area (Å²) in [4.78, 5) is 12.1. The van der Waals surface area contributed by atoms with Gasteiger partial charge in [0.05, 0.1) is 0 Å². The Labute approximate surface area is 175 Å². The number of ketones is 1. The van der Waals surface area contributed by atoms with Gasteiger partial charge in [-0.1, -0.05) is 48.5 Å². The van der Waals surface area contributed by atoms with Crippen molar-refractivity contribution in [3.05, 3.63) is 108 Å². The highest BCUT2D eigenvalue weighted by molar-refractivity contribution is 6.14. The lowest BCUT2D eigenvalue weighted by atomic mass is 10.0. The first-order valence-corrected chi connectivity index (χ1v) is 9.41. The number of nitrogens with two attached hydrogens (primary N) is 4. The quantitative estimate of drug-likeness (QED) is 0.298. The van der Waals surface area contributed by atoms with Gasteiger partial charge in [0.25, 0.3) is 0 Å². The predicted octanol–water partition coefficient (Wildman–Crippen LogP) is 4.60. The number of hydrogen-bond acceptors (Lipinski definition) is 5. The van der Waals surface area contributed by atoms with Gasteiger partial charge in [0, 0.05) is 33.9 Å². The van der Waals surface area contributed by atoms with Gasteiger partial charge in [-0.3, -0.25) is 4.79 Å². The minimum atomic E-state index is -0.142. The Bertz CT molecular complexity index is 1050. The van der Waals surface area contributed by atoms with E-state index >= 15 is 0 Å². The minimum Gasteiger partial charge on any atom is -0.399 e. The van der Waals surface area contributed by atoms with Crippen LogP contribution in [0.25, 0.3) is 11.1 Å². The molecule has 8 N–H and O–H groups in total. The molecule has 0 atom stereocenters. The summed E-state index contributed by atoms with van der Waals surface area (Å²) in [6.07, 6.45) is 0. The molecule has 0 bridgehead atoms. The van der Waals surface area contributed by atoms with Crippen LogP contribution < -0.4 is 22.9 Å². The van der Waals surface area contributed by atoms with Crippen molar-refractivity contribution in [2.45, 2.75) is 0 Å². The van der Waals surface area contributed by atoms with Crippen LogP contribution in [0.1, 0.15) is 15.9 Å². The average molecular weight is 396 g/mol. The van der Waals surface area contributed by atoms with E-state index < -0.39 is 0 Å². The van der Waals surface area contributed by atoms with E-state index in [1.54, 1.807) is 48.5 Å². The molecule has 0 aliphatic carbocycles. The molecule has 0 heterocycles. The fourth-order valence-corrected chi connectivity index (χ4v) is 2.90. The summed E-state index contributed by atoms with van der Waals surface area (Å²) in [6, 6.07) is 29.5. The van der Waals surface area contributed by atoms with Gasteiger partial charge in [-0.25, -0.2) is 0 Å². The van der Waals surface area contributed by atoms with Gasteiger partial charge in [-0.2, -0.15) is 0 Å². The molecule has 0 spiro atoms. The van der Waals surface area contributed by atoms with Gasteiger partial charge in [0.2, 0.25) is 0 Å². The standard InChI is InChI=1S/C13H12N2O.C12H12N2/c14-11-7-3-1-5-9(11)13(16)10-6-2-4-8-12(10)15;13-11-5-1-9(2-6-11)10-3-7-12(14)8-4-10/h1-8H,14-15H2;1-8H,13-14H2. The topological polar surface area (TPSA) is 121 Å². The van der Waals surface area contributed by atoms with Crippen molar-refractivity contribution in [1.29, 1.82) is 0 Å². The summed E-state index contributed by atoms with van der Waals surface area (Å²) in [5.41, 5.74) is 28.5. The Balaban J connectivity index is 0.000000172. The zero-order valence-corrected chi connectivity index (χ0v) is 16.5. The molecule has 4 rings (SSSR count). The summed E-state index contributed by atoms with van der Waals surface area (Å²) in [5.74, 6) is -0.142. The Morgan fingerprint density at radius 1 is 0.467 bits per heavy atom. The average Bonchev–Trinajstić information content (AvgIpc) is 2.76. The third-order valence-electron chi connectivity index (χ3n) is 4.57. The Morgan fingerprint density at radius 2 is 0.800 bits per heavy atom. The lowest BCUT2D eigenvalue weighted by Crippen LogP contribution is -2.07. The van der Waals surface area contributed by atoms with Crippen LogP contribution in [0.15, 0.2) is 97.1 Å². The second-order valence-corrected chi connectivity index (χ2v) is 6.75. The van der Waals surface area contributed by atoms with Crippen LogP contribution in [0, 0.1) is 0 Å². The first kappa shape index (κ1) is 20.5. The lowest BCUT2D eigenvalue weighted by Gasteiger charge is -2.06. The number of para-hydroxylation sites is 2. The van der Waals surface area contributed by atoms with Gasteiger partial charge in [0.1, 0.15) is 0 Å². The first-order valence-electron chi connectivity index (χ1n) is 9.41. The van der Waals surface area contributed by atoms with E-state index in [1.807, 2.05) is 48.5 Å². The van der Waals surface area contributed by atoms with Gasteiger partial charge in [-0.05, 0) is 59.7 Å². The molecule has 30 heavy (non-hydrogen) atoms. The van der Waals surface area contributed by atoms with E-state index in [9.17, 15) is 4.79 Å². The van der Waals surface area contributed by atoms with Crippen LogP contribution in [-0.2, 0) is 0 Å². The number of anilines is 4. The SMILES string of the molecule is Nc1ccc(-c2ccc(N)cc2)cc1.Nc1ccccc1C(=O)c1ccccc1N. The van der Waals surface area contributed by atoms with Crippen molar-refractivity contribution in [3.8, 4) is 11.1 Å². The number of benzene rings is 4. The van der Waals surface area contributed by atoms with Crippen LogP contribution >= 0.6 is 0 Å². The summed E-state index contributed by atoms with van der Waals surface area (Å²) in [5, 5.41) is 0. The fourth-order valence-electron chi connectivity index (χ4n) is 2.90. The normalized spacial score (nSPS) is 10.0. The maximum Gasteiger partial charge on any atom is 0.197 e. The lowest BCUT2D eigenvalue weighted by molar-refractivity contribution is 0.104. The molecule has 0 radical (unpaired) electrons. The fraction of sp³-hybridized carbons (Fsp3) is 0. The first-order chi connectivity index (χ1) is 14.5. The molecule has 0 aliphatic heterocycles. The molecular formula is C25H24N4O. The molecule has 0 fully saturated rings. The Hall–Kier alpha value is -4.25. The number of carbonyl (C=O) groups is 1. The van der Waals surface area contributed by atoms with Crippen LogP contribution in [0.3, 0.4) is 0 Å². The Morgan fingerprint density at radius 3 is 1.13 bits per heavy atom. The summed E-state index contributed by atoms with van der Waals surface area (Å²) in [7, 11) is 0. The third kappa shape index (κ3) is 4.97. The molecule has 0 saturated carbocycles. The van der Waals surface area contributed by atoms with Crippen LogP contribution in [0.2, 0.25) is 0 Å². The van der Waals surface area contributed by atoms with E-state index in [4.69, 9.17) is 22.9 Å². The zero-order valence-electron chi connectivity index (χ0n) is 16.5. The van der Waals surface area contributed by atoms with E-state index in [2.05, 4.69) is 0 Å². The van der Waals surface area contributed by atoms with Crippen molar-refractivity contribution in [2.24, 2.45) is 0 Å². The van der Waals surface area contributed by atoms with Gasteiger partial charge >= 0.3 is 0 Å². The highest BCUT2D eigenvalue weighted by Gasteiger charge is 2.13. The number of rotatable bonds is 3. The molecule has 0 saturated heterocycles. The number of carbonyl (C=O) groups excluding carboxylic acids is 1. The summed E-state index contributed by atoms with van der Waals surface area (Å²) >= 11 is 0. The molecule has 0 aromatic heterocycles. The molecule has 5 heteroatoms. The summed E-state index contributed by atoms with van der Waals surface area (Å²) < 4.78 is 0. The molecule has 0 aliphatic rings. The van der Waals surface area contributed by atoms with Gasteiger partial charge in [0.15, 0.2) is 5.78 Å². The maximum atomic E-state index is 12.1. The van der Waals surface area contributed by atoms with Crippen LogP contribution in [-0.4, -0.2) is 5.78 Å². The monoisotopic (exact) mass is 396 g/mol. The van der Waals surface area contributed by atoms with Crippen molar-refractivity contribution in [1.82, 2.24) is 0 Å². The molecule has 0 amide bonds. The summed E-state index contributed by atoms with van der Waals surface area (Å²) in [6.45, 7) is 0. The third-order valence-corrected chi connectivity index (χ3v) is 4.57. The molecule has 150 valence electrons. The number of nitrogen functional groups attached to an aromatic ring is 4. The van der Waals surface area contributed by atoms with Crippen molar-refractivity contribution >= 4 is 28.5 Å². The molecule has 4 aromatic rings. The smallest absolute Gasteiger partial charge is 0.197 e. The van der Waals surface area contributed by atoms with Crippen LogP contribution in [0.5, 0.6) is 0 Å². The van der Waals surface area contributed by atoms with Crippen molar-refractivity contribution in [3.63, 3.8) is 0 Å². The maximum absolute atomic E-state index is 12.1. The largest absolute Gasteiger partial charge is 0.399 e. The van der Waals surface area contributed by atoms with E-state index in [1.165, 1.54) is 0 Å².